The summed E-state index contributed by atoms with van der Waals surface area (Å²) in [5, 5.41) is 20.3. The number of hydrogen-bond donors (Lipinski definition) is 4. The molecule has 0 aromatic heterocycles. The molecule has 0 spiro atoms. The van der Waals surface area contributed by atoms with E-state index in [1.807, 2.05) is 48.5 Å². The number of thioether (sulfide) groups is 1. The van der Waals surface area contributed by atoms with E-state index >= 15 is 0 Å². The number of nitrogens with one attached hydrogen (secondary N) is 3. The van der Waals surface area contributed by atoms with Crippen molar-refractivity contribution in [2.75, 3.05) is 12.3 Å². The van der Waals surface area contributed by atoms with Crippen LogP contribution in [0.3, 0.4) is 0 Å². The van der Waals surface area contributed by atoms with Crippen LogP contribution in [-0.4, -0.2) is 99.4 Å². The summed E-state index contributed by atoms with van der Waals surface area (Å²) in [4.78, 5) is 73.0. The fraction of sp³-hybridized carbons (Fsp3) is 0.829. The monoisotopic (exact) mass is 693 g/mol. The van der Waals surface area contributed by atoms with Crippen molar-refractivity contribution in [1.29, 1.82) is 0 Å². The van der Waals surface area contributed by atoms with Crippen LogP contribution in [0, 0.1) is 23.2 Å². The Labute approximate surface area is 290 Å². The third-order valence-electron chi connectivity index (χ3n) is 10.00. The minimum Gasteiger partial charge on any atom is -0.460 e. The summed E-state index contributed by atoms with van der Waals surface area (Å²) >= 11 is 1.60. The first-order valence-corrected chi connectivity index (χ1v) is 18.7. The number of carbonyl (C=O) groups excluding carboxylic acids is 5. The molecule has 4 amide bonds. The van der Waals surface area contributed by atoms with E-state index in [-0.39, 0.29) is 47.4 Å². The highest BCUT2D eigenvalue weighted by atomic mass is 32.2. The van der Waals surface area contributed by atoms with Gasteiger partial charge in [-0.15, -0.1) is 11.8 Å². The van der Waals surface area contributed by atoms with Gasteiger partial charge < -0.3 is 30.7 Å². The van der Waals surface area contributed by atoms with Gasteiger partial charge in [0.2, 0.25) is 23.6 Å². The number of amides is 4. The first-order valence-electron chi connectivity index (χ1n) is 17.7. The fourth-order valence-corrected chi connectivity index (χ4v) is 7.62. The van der Waals surface area contributed by atoms with Crippen LogP contribution in [0.5, 0.6) is 0 Å². The number of fused-ring (bicyclic) bond motifs is 2. The average Bonchev–Trinajstić information content (AvgIpc) is 3.70. The Hall–Kier alpha value is -2.67. The van der Waals surface area contributed by atoms with Crippen molar-refractivity contribution in [2.45, 2.75) is 150 Å². The van der Waals surface area contributed by atoms with Gasteiger partial charge in [-0.3, -0.25) is 24.2 Å². The first-order chi connectivity index (χ1) is 22.4. The number of cyclic esters (lactones) is 1. The molecule has 13 heteroatoms. The van der Waals surface area contributed by atoms with E-state index in [0.717, 1.165) is 10.8 Å². The number of carbonyl (C=O) groups is 5. The molecular weight excluding hydrogens is 634 g/mol. The van der Waals surface area contributed by atoms with Crippen LogP contribution in [0.15, 0.2) is 4.99 Å². The maximum absolute atomic E-state index is 14.0. The van der Waals surface area contributed by atoms with Crippen molar-refractivity contribution in [2.24, 2.45) is 28.2 Å². The van der Waals surface area contributed by atoms with Gasteiger partial charge in [0.15, 0.2) is 0 Å². The Kier molecular flexibility index (Phi) is 14.3. The summed E-state index contributed by atoms with van der Waals surface area (Å²) in [6.45, 7) is 17.3. The maximum Gasteiger partial charge on any atom is 0.329 e. The quantitative estimate of drug-likeness (QED) is 0.320. The molecule has 0 aromatic carbocycles. The Morgan fingerprint density at radius 3 is 2.27 bits per heavy atom. The molecule has 2 bridgehead atoms. The number of hydrogen-bond acceptors (Lipinski definition) is 9. The maximum atomic E-state index is 14.0. The number of rotatable bonds is 2. The van der Waals surface area contributed by atoms with Gasteiger partial charge in [-0.1, -0.05) is 54.9 Å². The molecular formula is C35H59N5O7S. The van der Waals surface area contributed by atoms with Crippen molar-refractivity contribution < 1.29 is 33.8 Å². The summed E-state index contributed by atoms with van der Waals surface area (Å²) in [5.41, 5.74) is -0.381. The number of aliphatic hydroxyl groups excluding tert-OH is 1. The average molecular weight is 694 g/mol. The predicted molar refractivity (Wildman–Crippen MR) is 187 cm³/mol. The molecule has 3 aliphatic rings. The van der Waals surface area contributed by atoms with Gasteiger partial charge in [0, 0.05) is 24.6 Å². The lowest BCUT2D eigenvalue weighted by Crippen LogP contribution is -2.58. The Balaban J connectivity index is 1.89. The number of aliphatic hydroxyl groups is 1. The molecule has 10 atom stereocenters. The lowest BCUT2D eigenvalue weighted by Gasteiger charge is -2.36. The molecule has 12 nitrogen and oxygen atoms in total. The van der Waals surface area contributed by atoms with Crippen LogP contribution in [-0.2, 0) is 28.7 Å². The molecule has 1 fully saturated rings. The number of esters is 1. The number of aliphatic imine (C=N–C) groups is 1. The van der Waals surface area contributed by atoms with E-state index in [2.05, 4.69) is 16.0 Å². The van der Waals surface area contributed by atoms with Crippen LogP contribution < -0.4 is 16.0 Å². The lowest BCUT2D eigenvalue weighted by atomic mass is 9.81. The van der Waals surface area contributed by atoms with E-state index in [1.54, 1.807) is 18.7 Å². The summed E-state index contributed by atoms with van der Waals surface area (Å²) in [5.74, 6) is -1.81. The van der Waals surface area contributed by atoms with Crippen LogP contribution >= 0.6 is 11.8 Å². The van der Waals surface area contributed by atoms with Gasteiger partial charge in [-0.2, -0.15) is 0 Å². The summed E-state index contributed by atoms with van der Waals surface area (Å²) in [7, 11) is 0. The molecule has 272 valence electrons. The largest absolute Gasteiger partial charge is 0.460 e. The van der Waals surface area contributed by atoms with Crippen molar-refractivity contribution in [1.82, 2.24) is 20.9 Å². The molecule has 0 saturated carbocycles. The molecule has 0 aliphatic carbocycles. The van der Waals surface area contributed by atoms with Crippen molar-refractivity contribution in [3.63, 3.8) is 0 Å². The van der Waals surface area contributed by atoms with Gasteiger partial charge in [0.05, 0.1) is 17.2 Å². The fourth-order valence-electron chi connectivity index (χ4n) is 6.37. The summed E-state index contributed by atoms with van der Waals surface area (Å²) in [6.07, 6.45) is 2.35. The molecule has 0 unspecified atom stereocenters. The normalized spacial score (nSPS) is 34.9. The second kappa shape index (κ2) is 17.3. The third-order valence-corrected chi connectivity index (χ3v) is 11.3. The molecule has 3 heterocycles. The van der Waals surface area contributed by atoms with Crippen LogP contribution in [0.2, 0.25) is 0 Å². The van der Waals surface area contributed by atoms with E-state index in [1.165, 1.54) is 11.8 Å². The van der Waals surface area contributed by atoms with Crippen LogP contribution in [0.1, 0.15) is 107 Å². The lowest BCUT2D eigenvalue weighted by molar-refractivity contribution is -0.164. The predicted octanol–water partition coefficient (Wildman–Crippen LogP) is 3.20. The van der Waals surface area contributed by atoms with Crippen molar-refractivity contribution in [3.8, 4) is 0 Å². The Morgan fingerprint density at radius 2 is 1.62 bits per heavy atom. The highest BCUT2D eigenvalue weighted by Gasteiger charge is 2.42. The van der Waals surface area contributed by atoms with Gasteiger partial charge >= 0.3 is 5.97 Å². The number of nitrogens with zero attached hydrogens (tertiary/aromatic N) is 2. The summed E-state index contributed by atoms with van der Waals surface area (Å²) < 4.78 is 6.19. The second-order valence-electron chi connectivity index (χ2n) is 15.3. The molecule has 48 heavy (non-hydrogen) atoms. The van der Waals surface area contributed by atoms with Gasteiger partial charge in [0.25, 0.3) is 0 Å². The van der Waals surface area contributed by atoms with Crippen molar-refractivity contribution in [3.05, 3.63) is 0 Å². The Morgan fingerprint density at radius 1 is 0.979 bits per heavy atom. The van der Waals surface area contributed by atoms with E-state index in [4.69, 9.17) is 9.73 Å². The van der Waals surface area contributed by atoms with Gasteiger partial charge in [0.1, 0.15) is 30.3 Å². The standard InChI is InChI=1S/C35H59N5O7S/c1-10-20(3)29-33(45)40-15-11-12-25(40)34(46)47-27(35(7,8)9)17-19(2)16-26(41)21(4)32-38-24(18-48-32)13-14-28(42)36-22(5)30(43)37-23(6)31(44)39-29/h19-27,29,41H,10-18H2,1-9H3,(H,36,42)(H,37,43)(H,39,44)/t19-,20-,21-,22-,23-,24+,25-,26-,27-,29-/m0/s1. The SMILES string of the molecule is CC[C@H](C)[C@@H]1NC(=O)[C@H](C)NC(=O)[C@H](C)NC(=O)CC[C@@H]2CSC(=N2)[C@@H](C)[C@@H](O)C[C@H](C)C[C@@H](C(C)(C)C)OC(=O)[C@@H]2CCCN2C1=O. The Bertz CT molecular complexity index is 1210. The zero-order valence-corrected chi connectivity index (χ0v) is 31.2. The molecule has 0 aromatic rings. The minimum absolute atomic E-state index is 0.0343. The van der Waals surface area contributed by atoms with Crippen molar-refractivity contribution >= 4 is 46.4 Å². The molecule has 0 radical (unpaired) electrons. The van der Waals surface area contributed by atoms with E-state index < -0.39 is 54.2 Å². The molecule has 3 aliphatic heterocycles. The highest BCUT2D eigenvalue weighted by Crippen LogP contribution is 2.34. The summed E-state index contributed by atoms with van der Waals surface area (Å²) in [6, 6.07) is -3.59. The van der Waals surface area contributed by atoms with E-state index in [9.17, 15) is 29.1 Å². The van der Waals surface area contributed by atoms with Crippen LogP contribution in [0.4, 0.5) is 0 Å². The highest BCUT2D eigenvalue weighted by molar-refractivity contribution is 8.14. The zero-order chi connectivity index (χ0) is 35.9. The molecule has 4 N–H and O–H groups in total. The third kappa shape index (κ3) is 10.7. The number of ether oxygens (including phenoxy) is 1. The van der Waals surface area contributed by atoms with E-state index in [0.29, 0.717) is 45.1 Å². The first kappa shape index (κ1) is 39.8. The van der Waals surface area contributed by atoms with Gasteiger partial charge in [-0.05, 0) is 63.2 Å². The van der Waals surface area contributed by atoms with Crippen LogP contribution in [0.25, 0.3) is 0 Å². The molecule has 3 rings (SSSR count). The smallest absolute Gasteiger partial charge is 0.329 e. The van der Waals surface area contributed by atoms with Gasteiger partial charge in [-0.25, -0.2) is 4.79 Å². The zero-order valence-electron chi connectivity index (χ0n) is 30.3. The molecule has 1 saturated heterocycles. The minimum atomic E-state index is -0.972. The topological polar surface area (TPSA) is 166 Å². The second-order valence-corrected chi connectivity index (χ2v) is 16.3.